The highest BCUT2D eigenvalue weighted by molar-refractivity contribution is 5.76. The van der Waals surface area contributed by atoms with Crippen molar-refractivity contribution < 1.29 is 9.90 Å². The van der Waals surface area contributed by atoms with Crippen LogP contribution in [0.15, 0.2) is 36.5 Å². The number of amides is 1. The number of carbonyl (C=O) groups excluding carboxylic acids is 1. The van der Waals surface area contributed by atoms with Crippen LogP contribution >= 0.6 is 0 Å². The molecular formula is C17H23N3O2. The van der Waals surface area contributed by atoms with Gasteiger partial charge in [0, 0.05) is 13.0 Å². The van der Waals surface area contributed by atoms with Crippen molar-refractivity contribution in [2.24, 2.45) is 0 Å². The molecule has 0 unspecified atom stereocenters. The predicted molar refractivity (Wildman–Crippen MR) is 85.2 cm³/mol. The van der Waals surface area contributed by atoms with Crippen molar-refractivity contribution in [2.75, 3.05) is 13.2 Å². The highest BCUT2D eigenvalue weighted by Gasteiger charge is 2.14. The third-order valence-electron chi connectivity index (χ3n) is 3.54. The van der Waals surface area contributed by atoms with Crippen LogP contribution in [-0.2, 0) is 17.8 Å². The van der Waals surface area contributed by atoms with Crippen LogP contribution in [0.3, 0.4) is 0 Å². The maximum absolute atomic E-state index is 12.3. The number of benzene rings is 1. The Morgan fingerprint density at radius 3 is 2.73 bits per heavy atom. The molecule has 118 valence electrons. The number of aromatic nitrogens is 2. The second-order valence-electron chi connectivity index (χ2n) is 5.37. The number of nitrogens with one attached hydrogen (secondary N) is 1. The van der Waals surface area contributed by atoms with Crippen LogP contribution in [-0.4, -0.2) is 39.0 Å². The predicted octanol–water partition coefficient (Wildman–Crippen LogP) is 2.06. The van der Waals surface area contributed by atoms with Crippen molar-refractivity contribution >= 4 is 5.91 Å². The fourth-order valence-corrected chi connectivity index (χ4v) is 2.42. The van der Waals surface area contributed by atoms with E-state index in [1.165, 1.54) is 5.56 Å². The summed E-state index contributed by atoms with van der Waals surface area (Å²) in [4.78, 5) is 21.2. The van der Waals surface area contributed by atoms with Crippen molar-refractivity contribution in [3.8, 4) is 0 Å². The summed E-state index contributed by atoms with van der Waals surface area (Å²) in [6.07, 6.45) is 3.93. The standard InChI is InChI=1S/C17H23N3O2/c1-14-18-12-16(19-14)13-20(10-11-21)17(22)9-5-8-15-6-3-2-4-7-15/h2-4,6-7,12,21H,5,8-11,13H2,1H3,(H,18,19). The third kappa shape index (κ3) is 5.00. The summed E-state index contributed by atoms with van der Waals surface area (Å²) in [5.74, 6) is 0.896. The Hall–Kier alpha value is -2.14. The summed E-state index contributed by atoms with van der Waals surface area (Å²) >= 11 is 0. The number of hydrogen-bond donors (Lipinski definition) is 2. The number of imidazole rings is 1. The zero-order chi connectivity index (χ0) is 15.8. The lowest BCUT2D eigenvalue weighted by molar-refractivity contribution is -0.132. The molecule has 2 rings (SSSR count). The van der Waals surface area contributed by atoms with Crippen LogP contribution in [0.2, 0.25) is 0 Å². The number of aliphatic hydroxyl groups is 1. The normalized spacial score (nSPS) is 10.6. The van der Waals surface area contributed by atoms with E-state index in [4.69, 9.17) is 5.11 Å². The molecule has 2 N–H and O–H groups in total. The van der Waals surface area contributed by atoms with Crippen LogP contribution in [0.1, 0.15) is 29.9 Å². The number of carbonyl (C=O) groups is 1. The second-order valence-corrected chi connectivity index (χ2v) is 5.37. The molecule has 0 atom stereocenters. The minimum Gasteiger partial charge on any atom is -0.395 e. The molecule has 1 aromatic carbocycles. The molecule has 0 radical (unpaired) electrons. The minimum absolute atomic E-state index is 0.0302. The van der Waals surface area contributed by atoms with Gasteiger partial charge in [0.15, 0.2) is 0 Å². The third-order valence-corrected chi connectivity index (χ3v) is 3.54. The van der Waals surface area contributed by atoms with Gasteiger partial charge in [0.1, 0.15) is 5.82 Å². The molecular weight excluding hydrogens is 278 g/mol. The first-order valence-electron chi connectivity index (χ1n) is 7.62. The van der Waals surface area contributed by atoms with E-state index < -0.39 is 0 Å². The maximum atomic E-state index is 12.3. The van der Waals surface area contributed by atoms with E-state index in [0.717, 1.165) is 24.4 Å². The van der Waals surface area contributed by atoms with Crippen molar-refractivity contribution in [2.45, 2.75) is 32.7 Å². The van der Waals surface area contributed by atoms with Gasteiger partial charge in [-0.25, -0.2) is 4.98 Å². The van der Waals surface area contributed by atoms with Gasteiger partial charge in [0.05, 0.1) is 25.0 Å². The van der Waals surface area contributed by atoms with Crippen LogP contribution in [0.5, 0.6) is 0 Å². The fourth-order valence-electron chi connectivity index (χ4n) is 2.42. The monoisotopic (exact) mass is 301 g/mol. The van der Waals surface area contributed by atoms with Crippen LogP contribution in [0.25, 0.3) is 0 Å². The van der Waals surface area contributed by atoms with Gasteiger partial charge in [-0.1, -0.05) is 30.3 Å². The van der Waals surface area contributed by atoms with E-state index in [2.05, 4.69) is 22.1 Å². The Bertz CT molecular complexity index is 581. The van der Waals surface area contributed by atoms with Gasteiger partial charge in [0.25, 0.3) is 0 Å². The molecule has 1 aromatic heterocycles. The first-order valence-corrected chi connectivity index (χ1v) is 7.62. The molecule has 0 bridgehead atoms. The van der Waals surface area contributed by atoms with E-state index in [-0.39, 0.29) is 12.5 Å². The van der Waals surface area contributed by atoms with Gasteiger partial charge in [-0.05, 0) is 25.3 Å². The average molecular weight is 301 g/mol. The van der Waals surface area contributed by atoms with E-state index in [0.29, 0.717) is 19.5 Å². The molecule has 0 saturated heterocycles. The molecule has 1 heterocycles. The van der Waals surface area contributed by atoms with Crippen molar-refractivity contribution in [1.82, 2.24) is 14.9 Å². The van der Waals surface area contributed by atoms with Gasteiger partial charge < -0.3 is 15.0 Å². The first-order chi connectivity index (χ1) is 10.7. The molecule has 5 nitrogen and oxygen atoms in total. The number of nitrogens with zero attached hydrogens (tertiary/aromatic N) is 2. The van der Waals surface area contributed by atoms with Gasteiger partial charge in [-0.3, -0.25) is 4.79 Å². The summed E-state index contributed by atoms with van der Waals surface area (Å²) in [6.45, 7) is 2.66. The molecule has 5 heteroatoms. The van der Waals surface area contributed by atoms with Crippen molar-refractivity contribution in [3.63, 3.8) is 0 Å². The number of aromatic amines is 1. The molecule has 22 heavy (non-hydrogen) atoms. The average Bonchev–Trinajstić information content (AvgIpc) is 2.93. The minimum atomic E-state index is -0.0302. The Labute approximate surface area is 131 Å². The molecule has 1 amide bonds. The largest absolute Gasteiger partial charge is 0.395 e. The lowest BCUT2D eigenvalue weighted by Gasteiger charge is -2.21. The first kappa shape index (κ1) is 16.2. The van der Waals surface area contributed by atoms with Crippen LogP contribution in [0, 0.1) is 6.92 Å². The molecule has 0 aliphatic heterocycles. The van der Waals surface area contributed by atoms with Gasteiger partial charge in [-0.2, -0.15) is 0 Å². The highest BCUT2D eigenvalue weighted by atomic mass is 16.3. The van der Waals surface area contributed by atoms with Crippen LogP contribution in [0.4, 0.5) is 0 Å². The lowest BCUT2D eigenvalue weighted by Crippen LogP contribution is -2.33. The Balaban J connectivity index is 1.83. The number of H-pyrrole nitrogens is 1. The van der Waals surface area contributed by atoms with Gasteiger partial charge in [-0.15, -0.1) is 0 Å². The summed E-state index contributed by atoms with van der Waals surface area (Å²) in [6, 6.07) is 10.2. The van der Waals surface area contributed by atoms with Gasteiger partial charge >= 0.3 is 0 Å². The Morgan fingerprint density at radius 2 is 2.09 bits per heavy atom. The van der Waals surface area contributed by atoms with E-state index in [9.17, 15) is 4.79 Å². The SMILES string of the molecule is Cc1ncc(CN(CCO)C(=O)CCCc2ccccc2)[nH]1. The molecule has 0 saturated carbocycles. The Kier molecular flexibility index (Phi) is 6.15. The molecule has 0 aliphatic carbocycles. The zero-order valence-corrected chi connectivity index (χ0v) is 13.0. The lowest BCUT2D eigenvalue weighted by atomic mass is 10.1. The quantitative estimate of drug-likeness (QED) is 0.784. The van der Waals surface area contributed by atoms with Crippen molar-refractivity contribution in [3.05, 3.63) is 53.6 Å². The summed E-state index contributed by atoms with van der Waals surface area (Å²) in [7, 11) is 0. The smallest absolute Gasteiger partial charge is 0.223 e. The number of rotatable bonds is 8. The van der Waals surface area contributed by atoms with Crippen molar-refractivity contribution in [1.29, 1.82) is 0 Å². The maximum Gasteiger partial charge on any atom is 0.223 e. The number of aliphatic hydroxyl groups excluding tert-OH is 1. The molecule has 2 aromatic rings. The Morgan fingerprint density at radius 1 is 1.32 bits per heavy atom. The topological polar surface area (TPSA) is 69.2 Å². The van der Waals surface area contributed by atoms with E-state index in [1.807, 2.05) is 25.1 Å². The molecule has 0 fully saturated rings. The van der Waals surface area contributed by atoms with Crippen LogP contribution < -0.4 is 0 Å². The summed E-state index contributed by atoms with van der Waals surface area (Å²) in [5, 5.41) is 9.15. The number of aryl methyl sites for hydroxylation is 2. The zero-order valence-electron chi connectivity index (χ0n) is 13.0. The summed E-state index contributed by atoms with van der Waals surface area (Å²) < 4.78 is 0. The van der Waals surface area contributed by atoms with E-state index >= 15 is 0 Å². The fraction of sp³-hybridized carbons (Fsp3) is 0.412. The second kappa shape index (κ2) is 8.34. The number of hydrogen-bond acceptors (Lipinski definition) is 3. The van der Waals surface area contributed by atoms with E-state index in [1.54, 1.807) is 11.1 Å². The highest BCUT2D eigenvalue weighted by Crippen LogP contribution is 2.09. The summed E-state index contributed by atoms with van der Waals surface area (Å²) in [5.41, 5.74) is 2.13. The van der Waals surface area contributed by atoms with Gasteiger partial charge in [0.2, 0.25) is 5.91 Å². The molecule has 0 aliphatic rings. The molecule has 0 spiro atoms.